The monoisotopic (exact) mass is 289 g/mol. The van der Waals surface area contributed by atoms with Crippen molar-refractivity contribution < 1.29 is 9.53 Å². The van der Waals surface area contributed by atoms with Crippen LogP contribution in [0.4, 0.5) is 0 Å². The van der Waals surface area contributed by atoms with Crippen molar-refractivity contribution in [1.82, 2.24) is 14.8 Å². The molecule has 1 aromatic rings. The summed E-state index contributed by atoms with van der Waals surface area (Å²) in [7, 11) is 0. The fraction of sp³-hybridized carbons (Fsp3) is 0.625. The number of aryl methyl sites for hydroxylation is 1. The van der Waals surface area contributed by atoms with Crippen LogP contribution in [0.3, 0.4) is 0 Å². The van der Waals surface area contributed by atoms with E-state index >= 15 is 0 Å². The van der Waals surface area contributed by atoms with E-state index in [1.54, 1.807) is 0 Å². The van der Waals surface area contributed by atoms with Crippen LogP contribution in [0.1, 0.15) is 30.7 Å². The molecule has 0 aliphatic carbocycles. The van der Waals surface area contributed by atoms with Gasteiger partial charge in [-0.15, -0.1) is 0 Å². The predicted octanol–water partition coefficient (Wildman–Crippen LogP) is 1.34. The first-order chi connectivity index (χ1) is 10.0. The molecular formula is C16H23N3O2. The summed E-state index contributed by atoms with van der Waals surface area (Å²) in [6, 6.07) is 2.08. The first-order valence-electron chi connectivity index (χ1n) is 7.61. The number of nitrogens with zero attached hydrogens (tertiary/aromatic N) is 3. The molecule has 5 heteroatoms. The number of hydrogen-bond acceptors (Lipinski definition) is 4. The minimum Gasteiger partial charge on any atom is -0.373 e. The van der Waals surface area contributed by atoms with Gasteiger partial charge in [-0.25, -0.2) is 0 Å². The van der Waals surface area contributed by atoms with Gasteiger partial charge in [-0.2, -0.15) is 0 Å². The first-order valence-corrected chi connectivity index (χ1v) is 7.61. The number of pyridine rings is 1. The molecule has 1 amide bonds. The Morgan fingerprint density at radius 3 is 2.67 bits per heavy atom. The highest BCUT2D eigenvalue weighted by molar-refractivity contribution is 5.79. The van der Waals surface area contributed by atoms with Crippen molar-refractivity contribution in [3.05, 3.63) is 29.1 Å². The molecule has 114 valence electrons. The molecule has 2 aliphatic rings. The molecule has 1 aromatic heterocycles. The highest BCUT2D eigenvalue weighted by Crippen LogP contribution is 2.23. The Morgan fingerprint density at radius 2 is 1.95 bits per heavy atom. The Balaban J connectivity index is 1.60. The van der Waals surface area contributed by atoms with E-state index in [9.17, 15) is 4.79 Å². The normalized spacial score (nSPS) is 26.0. The zero-order valence-electron chi connectivity index (χ0n) is 13.0. The van der Waals surface area contributed by atoms with Crippen molar-refractivity contribution in [2.24, 2.45) is 0 Å². The van der Waals surface area contributed by atoms with E-state index in [1.807, 2.05) is 18.0 Å². The van der Waals surface area contributed by atoms with Crippen LogP contribution >= 0.6 is 0 Å². The molecular weight excluding hydrogens is 266 g/mol. The van der Waals surface area contributed by atoms with Gasteiger partial charge in [0.05, 0.1) is 18.8 Å². The van der Waals surface area contributed by atoms with Gasteiger partial charge in [0.1, 0.15) is 0 Å². The van der Waals surface area contributed by atoms with E-state index in [0.717, 1.165) is 18.8 Å². The number of rotatable bonds is 2. The van der Waals surface area contributed by atoms with Gasteiger partial charge in [-0.3, -0.25) is 14.7 Å². The van der Waals surface area contributed by atoms with Crippen molar-refractivity contribution in [3.8, 4) is 0 Å². The smallest absolute Gasteiger partial charge is 0.237 e. The molecule has 2 atom stereocenters. The van der Waals surface area contributed by atoms with Crippen molar-refractivity contribution in [2.75, 3.05) is 19.6 Å². The standard InChI is InChI=1S/C16H23N3O2/c1-11-4-14-8-19(9-15(14)5-17-11)16(20)10-18-6-12(2)21-13(3)7-18/h4-5,12-13H,6-10H2,1-3H3/t12-,13+. The highest BCUT2D eigenvalue weighted by Gasteiger charge is 2.28. The Kier molecular flexibility index (Phi) is 3.95. The maximum absolute atomic E-state index is 12.5. The molecule has 0 saturated carbocycles. The van der Waals surface area contributed by atoms with E-state index in [0.29, 0.717) is 19.6 Å². The van der Waals surface area contributed by atoms with Crippen molar-refractivity contribution in [1.29, 1.82) is 0 Å². The summed E-state index contributed by atoms with van der Waals surface area (Å²) >= 11 is 0. The second kappa shape index (κ2) is 5.73. The van der Waals surface area contributed by atoms with Gasteiger partial charge in [-0.1, -0.05) is 0 Å². The summed E-state index contributed by atoms with van der Waals surface area (Å²) in [6.45, 7) is 9.67. The van der Waals surface area contributed by atoms with Gasteiger partial charge in [0.25, 0.3) is 0 Å². The van der Waals surface area contributed by atoms with Crippen LogP contribution in [0, 0.1) is 6.92 Å². The Labute approximate surface area is 125 Å². The molecule has 3 rings (SSSR count). The van der Waals surface area contributed by atoms with Crippen LogP contribution in [0.25, 0.3) is 0 Å². The van der Waals surface area contributed by atoms with Crippen LogP contribution in [0.5, 0.6) is 0 Å². The van der Waals surface area contributed by atoms with E-state index in [-0.39, 0.29) is 18.1 Å². The fourth-order valence-electron chi connectivity index (χ4n) is 3.28. The summed E-state index contributed by atoms with van der Waals surface area (Å²) < 4.78 is 5.71. The number of hydrogen-bond donors (Lipinski definition) is 0. The van der Waals surface area contributed by atoms with Crippen molar-refractivity contribution >= 4 is 5.91 Å². The molecule has 5 nitrogen and oxygen atoms in total. The summed E-state index contributed by atoms with van der Waals surface area (Å²) in [6.07, 6.45) is 2.30. The highest BCUT2D eigenvalue weighted by atomic mass is 16.5. The topological polar surface area (TPSA) is 45.7 Å². The van der Waals surface area contributed by atoms with Gasteiger partial charge in [0, 0.05) is 38.1 Å². The zero-order valence-corrected chi connectivity index (χ0v) is 13.0. The van der Waals surface area contributed by atoms with Gasteiger partial charge in [-0.05, 0) is 38.0 Å². The van der Waals surface area contributed by atoms with Crippen molar-refractivity contribution in [2.45, 2.75) is 46.1 Å². The molecule has 0 unspecified atom stereocenters. The Morgan fingerprint density at radius 1 is 1.29 bits per heavy atom. The molecule has 3 heterocycles. The number of amides is 1. The average molecular weight is 289 g/mol. The zero-order chi connectivity index (χ0) is 15.0. The number of ether oxygens (including phenoxy) is 1. The number of carbonyl (C=O) groups excluding carboxylic acids is 1. The SMILES string of the molecule is Cc1cc2c(cn1)CN(C(=O)CN1C[C@@H](C)O[C@@H](C)C1)C2. The molecule has 0 N–H and O–H groups in total. The molecule has 21 heavy (non-hydrogen) atoms. The van der Waals surface area contributed by atoms with Gasteiger partial charge >= 0.3 is 0 Å². The van der Waals surface area contributed by atoms with Crippen LogP contribution < -0.4 is 0 Å². The summed E-state index contributed by atoms with van der Waals surface area (Å²) in [5, 5.41) is 0. The van der Waals surface area contributed by atoms with Crippen LogP contribution in [0.15, 0.2) is 12.3 Å². The Bertz CT molecular complexity index is 536. The van der Waals surface area contributed by atoms with Crippen LogP contribution in [0.2, 0.25) is 0 Å². The van der Waals surface area contributed by atoms with E-state index in [4.69, 9.17) is 4.74 Å². The lowest BCUT2D eigenvalue weighted by Gasteiger charge is -2.35. The molecule has 0 spiro atoms. The van der Waals surface area contributed by atoms with Crippen molar-refractivity contribution in [3.63, 3.8) is 0 Å². The molecule has 1 saturated heterocycles. The quantitative estimate of drug-likeness (QED) is 0.824. The molecule has 0 bridgehead atoms. The number of carbonyl (C=O) groups is 1. The maximum Gasteiger partial charge on any atom is 0.237 e. The Hall–Kier alpha value is -1.46. The lowest BCUT2D eigenvalue weighted by molar-refractivity contribution is -0.136. The maximum atomic E-state index is 12.5. The number of aromatic nitrogens is 1. The summed E-state index contributed by atoms with van der Waals surface area (Å²) in [5.74, 6) is 0.199. The third-order valence-electron chi connectivity index (χ3n) is 4.15. The van der Waals surface area contributed by atoms with Gasteiger partial charge in [0.2, 0.25) is 5.91 Å². The van der Waals surface area contributed by atoms with Crippen LogP contribution in [-0.4, -0.2) is 52.5 Å². The predicted molar refractivity (Wildman–Crippen MR) is 79.7 cm³/mol. The van der Waals surface area contributed by atoms with Gasteiger partial charge in [0.15, 0.2) is 0 Å². The van der Waals surface area contributed by atoms with Crippen LogP contribution in [-0.2, 0) is 22.6 Å². The average Bonchev–Trinajstić information content (AvgIpc) is 2.80. The molecule has 0 aromatic carbocycles. The largest absolute Gasteiger partial charge is 0.373 e. The minimum atomic E-state index is 0.198. The molecule has 1 fully saturated rings. The summed E-state index contributed by atoms with van der Waals surface area (Å²) in [4.78, 5) is 20.9. The van der Waals surface area contributed by atoms with E-state index in [2.05, 4.69) is 29.8 Å². The minimum absolute atomic E-state index is 0.198. The third kappa shape index (κ3) is 3.24. The lowest BCUT2D eigenvalue weighted by Crippen LogP contribution is -2.49. The first kappa shape index (κ1) is 14.5. The molecule has 0 radical (unpaired) electrons. The van der Waals surface area contributed by atoms with E-state index in [1.165, 1.54) is 11.1 Å². The van der Waals surface area contributed by atoms with E-state index < -0.39 is 0 Å². The number of morpholine rings is 1. The fourth-order valence-corrected chi connectivity index (χ4v) is 3.28. The summed E-state index contributed by atoms with van der Waals surface area (Å²) in [5.41, 5.74) is 3.43. The number of fused-ring (bicyclic) bond motifs is 1. The molecule has 2 aliphatic heterocycles. The lowest BCUT2D eigenvalue weighted by atomic mass is 10.2. The third-order valence-corrected chi connectivity index (χ3v) is 4.15. The second-order valence-corrected chi connectivity index (χ2v) is 6.30. The van der Waals surface area contributed by atoms with Gasteiger partial charge < -0.3 is 9.64 Å². The second-order valence-electron chi connectivity index (χ2n) is 6.30.